The van der Waals surface area contributed by atoms with Gasteiger partial charge in [0.2, 0.25) is 0 Å². The molecule has 0 aromatic carbocycles. The van der Waals surface area contributed by atoms with Crippen molar-refractivity contribution in [3.63, 3.8) is 0 Å². The Labute approximate surface area is 75.9 Å². The molecule has 72 valence electrons. The largest absolute Gasteiger partial charge is 0.461 e. The Morgan fingerprint density at radius 1 is 1.38 bits per heavy atom. The third-order valence-electron chi connectivity index (χ3n) is 1.34. The van der Waals surface area contributed by atoms with E-state index in [1.807, 2.05) is 0 Å². The monoisotopic (exact) mass is 184 g/mol. The SMILES string of the molecule is COCCOc1ncc(N)c(N)n1. The van der Waals surface area contributed by atoms with E-state index in [0.717, 1.165) is 0 Å². The molecule has 6 heteroatoms. The lowest BCUT2D eigenvalue weighted by Gasteiger charge is -2.04. The fourth-order valence-electron chi connectivity index (χ4n) is 0.673. The molecule has 0 bridgehead atoms. The molecule has 0 unspecified atom stereocenters. The first-order valence-electron chi connectivity index (χ1n) is 3.73. The van der Waals surface area contributed by atoms with E-state index in [1.54, 1.807) is 7.11 Å². The summed E-state index contributed by atoms with van der Waals surface area (Å²) in [6.07, 6.45) is 1.41. The van der Waals surface area contributed by atoms with Crippen LogP contribution in [0.5, 0.6) is 6.01 Å². The molecule has 1 heterocycles. The molecule has 0 radical (unpaired) electrons. The standard InChI is InChI=1S/C7H12N4O2/c1-12-2-3-13-7-10-4-5(8)6(9)11-7/h4H,2-3,8H2,1H3,(H2,9,10,11). The topological polar surface area (TPSA) is 96.3 Å². The number of hydrogen-bond acceptors (Lipinski definition) is 6. The van der Waals surface area contributed by atoms with Gasteiger partial charge < -0.3 is 20.9 Å². The zero-order valence-corrected chi connectivity index (χ0v) is 7.36. The summed E-state index contributed by atoms with van der Waals surface area (Å²) in [5.41, 5.74) is 11.2. The van der Waals surface area contributed by atoms with Gasteiger partial charge in [0.1, 0.15) is 6.61 Å². The fraction of sp³-hybridized carbons (Fsp3) is 0.429. The Morgan fingerprint density at radius 3 is 2.77 bits per heavy atom. The lowest BCUT2D eigenvalue weighted by atomic mass is 10.5. The number of ether oxygens (including phenoxy) is 2. The van der Waals surface area contributed by atoms with Crippen LogP contribution in [0.3, 0.4) is 0 Å². The van der Waals surface area contributed by atoms with Gasteiger partial charge in [-0.2, -0.15) is 4.98 Å². The number of anilines is 2. The van der Waals surface area contributed by atoms with Crippen LogP contribution in [0.4, 0.5) is 11.5 Å². The zero-order valence-electron chi connectivity index (χ0n) is 7.36. The first kappa shape index (κ1) is 9.53. The van der Waals surface area contributed by atoms with Crippen molar-refractivity contribution >= 4 is 11.5 Å². The van der Waals surface area contributed by atoms with Crippen LogP contribution in [0.15, 0.2) is 6.20 Å². The van der Waals surface area contributed by atoms with E-state index in [4.69, 9.17) is 20.9 Å². The van der Waals surface area contributed by atoms with Gasteiger partial charge in [-0.25, -0.2) is 4.98 Å². The molecular formula is C7H12N4O2. The van der Waals surface area contributed by atoms with Crippen molar-refractivity contribution in [1.29, 1.82) is 0 Å². The molecule has 0 aliphatic carbocycles. The van der Waals surface area contributed by atoms with Crippen molar-refractivity contribution in [2.75, 3.05) is 31.8 Å². The second kappa shape index (κ2) is 4.46. The van der Waals surface area contributed by atoms with Crippen LogP contribution in [-0.2, 0) is 4.74 Å². The van der Waals surface area contributed by atoms with E-state index >= 15 is 0 Å². The summed E-state index contributed by atoms with van der Waals surface area (Å²) in [4.78, 5) is 7.63. The molecule has 0 aliphatic rings. The van der Waals surface area contributed by atoms with Gasteiger partial charge in [0.05, 0.1) is 18.5 Å². The Morgan fingerprint density at radius 2 is 2.15 bits per heavy atom. The van der Waals surface area contributed by atoms with E-state index in [-0.39, 0.29) is 11.8 Å². The van der Waals surface area contributed by atoms with Crippen molar-refractivity contribution in [1.82, 2.24) is 9.97 Å². The van der Waals surface area contributed by atoms with Gasteiger partial charge in [0, 0.05) is 7.11 Å². The van der Waals surface area contributed by atoms with Crippen molar-refractivity contribution in [3.05, 3.63) is 6.20 Å². The van der Waals surface area contributed by atoms with Crippen LogP contribution < -0.4 is 16.2 Å². The highest BCUT2D eigenvalue weighted by Gasteiger charge is 2.00. The summed E-state index contributed by atoms with van der Waals surface area (Å²) in [6.45, 7) is 0.869. The molecule has 0 spiro atoms. The third kappa shape index (κ3) is 2.75. The Kier molecular flexibility index (Phi) is 3.27. The van der Waals surface area contributed by atoms with Crippen LogP contribution in [0.2, 0.25) is 0 Å². The Bertz CT molecular complexity index is 279. The normalized spacial score (nSPS) is 9.92. The summed E-state index contributed by atoms with van der Waals surface area (Å²) < 4.78 is 9.88. The van der Waals surface area contributed by atoms with Crippen LogP contribution in [0.1, 0.15) is 0 Å². The Balaban J connectivity index is 2.53. The molecule has 1 aromatic heterocycles. The van der Waals surface area contributed by atoms with Crippen LogP contribution in [-0.4, -0.2) is 30.3 Å². The van der Waals surface area contributed by atoms with Crippen molar-refractivity contribution in [2.24, 2.45) is 0 Å². The second-order valence-electron chi connectivity index (χ2n) is 2.33. The molecule has 1 rings (SSSR count). The average Bonchev–Trinajstić information content (AvgIpc) is 2.12. The van der Waals surface area contributed by atoms with E-state index in [9.17, 15) is 0 Å². The molecule has 4 N–H and O–H groups in total. The van der Waals surface area contributed by atoms with Gasteiger partial charge in [0.25, 0.3) is 0 Å². The number of hydrogen-bond donors (Lipinski definition) is 2. The van der Waals surface area contributed by atoms with Crippen LogP contribution in [0, 0.1) is 0 Å². The molecule has 0 amide bonds. The summed E-state index contributed by atoms with van der Waals surface area (Å²) in [7, 11) is 1.58. The van der Waals surface area contributed by atoms with E-state index in [2.05, 4.69) is 9.97 Å². The summed E-state index contributed by atoms with van der Waals surface area (Å²) in [5.74, 6) is 0.224. The number of aromatic nitrogens is 2. The minimum Gasteiger partial charge on any atom is -0.461 e. The van der Waals surface area contributed by atoms with Crippen molar-refractivity contribution in [3.8, 4) is 6.01 Å². The van der Waals surface area contributed by atoms with Gasteiger partial charge >= 0.3 is 6.01 Å². The molecule has 0 fully saturated rings. The fourth-order valence-corrected chi connectivity index (χ4v) is 0.673. The van der Waals surface area contributed by atoms with Gasteiger partial charge in [-0.1, -0.05) is 0 Å². The van der Waals surface area contributed by atoms with E-state index < -0.39 is 0 Å². The quantitative estimate of drug-likeness (QED) is 0.622. The molecule has 6 nitrogen and oxygen atoms in total. The lowest BCUT2D eigenvalue weighted by molar-refractivity contribution is 0.141. The first-order valence-corrected chi connectivity index (χ1v) is 3.73. The predicted octanol–water partition coefficient (Wildman–Crippen LogP) is -0.334. The maximum absolute atomic E-state index is 5.44. The second-order valence-corrected chi connectivity index (χ2v) is 2.33. The maximum Gasteiger partial charge on any atom is 0.318 e. The lowest BCUT2D eigenvalue weighted by Crippen LogP contribution is -2.08. The van der Waals surface area contributed by atoms with Crippen LogP contribution in [0.25, 0.3) is 0 Å². The minimum atomic E-state index is 0.212. The molecule has 0 saturated carbocycles. The molecule has 0 atom stereocenters. The summed E-state index contributed by atoms with van der Waals surface area (Å²) in [5, 5.41) is 0. The molecule has 0 aliphatic heterocycles. The number of nitrogens with zero attached hydrogens (tertiary/aromatic N) is 2. The first-order chi connectivity index (χ1) is 6.24. The predicted molar refractivity (Wildman–Crippen MR) is 48.2 cm³/mol. The number of nitrogen functional groups attached to an aromatic ring is 2. The maximum atomic E-state index is 5.44. The third-order valence-corrected chi connectivity index (χ3v) is 1.34. The number of nitrogens with two attached hydrogens (primary N) is 2. The molecule has 1 aromatic rings. The zero-order chi connectivity index (χ0) is 9.68. The van der Waals surface area contributed by atoms with Crippen LogP contribution >= 0.6 is 0 Å². The van der Waals surface area contributed by atoms with Gasteiger partial charge in [-0.05, 0) is 0 Å². The number of methoxy groups -OCH3 is 1. The van der Waals surface area contributed by atoms with Crippen molar-refractivity contribution in [2.45, 2.75) is 0 Å². The highest BCUT2D eigenvalue weighted by molar-refractivity contribution is 5.56. The highest BCUT2D eigenvalue weighted by Crippen LogP contribution is 2.12. The summed E-state index contributed by atoms with van der Waals surface area (Å²) >= 11 is 0. The van der Waals surface area contributed by atoms with Gasteiger partial charge in [0.15, 0.2) is 5.82 Å². The smallest absolute Gasteiger partial charge is 0.318 e. The van der Waals surface area contributed by atoms with E-state index in [0.29, 0.717) is 18.9 Å². The van der Waals surface area contributed by atoms with Gasteiger partial charge in [-0.15, -0.1) is 0 Å². The summed E-state index contributed by atoms with van der Waals surface area (Å²) in [6, 6.07) is 0.212. The van der Waals surface area contributed by atoms with Crippen molar-refractivity contribution < 1.29 is 9.47 Å². The molecular weight excluding hydrogens is 172 g/mol. The minimum absolute atomic E-state index is 0.212. The highest BCUT2D eigenvalue weighted by atomic mass is 16.5. The number of rotatable bonds is 4. The average molecular weight is 184 g/mol. The molecule has 0 saturated heterocycles. The Hall–Kier alpha value is -1.56. The molecule has 13 heavy (non-hydrogen) atoms. The van der Waals surface area contributed by atoms with E-state index in [1.165, 1.54) is 6.20 Å². The van der Waals surface area contributed by atoms with Gasteiger partial charge in [-0.3, -0.25) is 0 Å².